The normalized spacial score (nSPS) is 11.9. The molecule has 0 bridgehead atoms. The number of nitrogens with one attached hydrogen (secondary N) is 1. The Balaban J connectivity index is 2.50. The van der Waals surface area contributed by atoms with Crippen molar-refractivity contribution in [2.24, 2.45) is 0 Å². The molecule has 1 rings (SSSR count). The second-order valence-corrected chi connectivity index (χ2v) is 4.21. The summed E-state index contributed by atoms with van der Waals surface area (Å²) in [6, 6.07) is 7.56. The molecule has 0 spiro atoms. The van der Waals surface area contributed by atoms with Crippen LogP contribution in [0.5, 0.6) is 0 Å². The Kier molecular flexibility index (Phi) is 6.85. The van der Waals surface area contributed by atoms with Gasteiger partial charge in [-0.2, -0.15) is 0 Å². The van der Waals surface area contributed by atoms with Gasteiger partial charge in [0.25, 0.3) is 5.91 Å². The highest BCUT2D eigenvalue weighted by atomic mass is 16.5. The van der Waals surface area contributed by atoms with Crippen LogP contribution >= 0.6 is 0 Å². The first-order valence-electron chi connectivity index (χ1n) is 6.28. The van der Waals surface area contributed by atoms with Crippen molar-refractivity contribution < 1.29 is 14.3 Å². The molecule has 0 aliphatic carbocycles. The van der Waals surface area contributed by atoms with Crippen LogP contribution in [0.25, 0.3) is 0 Å². The summed E-state index contributed by atoms with van der Waals surface area (Å²) < 4.78 is 10.4. The van der Waals surface area contributed by atoms with Crippen LogP contribution in [-0.2, 0) is 20.9 Å². The molecule has 0 saturated carbocycles. The van der Waals surface area contributed by atoms with E-state index in [9.17, 15) is 4.79 Å². The lowest BCUT2D eigenvalue weighted by Gasteiger charge is -2.13. The van der Waals surface area contributed by atoms with Crippen LogP contribution in [0.2, 0.25) is 0 Å². The van der Waals surface area contributed by atoms with Gasteiger partial charge in [0.1, 0.15) is 6.10 Å². The smallest absolute Gasteiger partial charge is 0.253 e. The average molecular weight is 263 g/mol. The van der Waals surface area contributed by atoms with Crippen molar-refractivity contribution in [3.63, 3.8) is 0 Å². The molecule has 19 heavy (non-hydrogen) atoms. The SMILES string of the molecule is C=CCCOC(C)C(=O)Nc1cccc(COC)c1. The number of ether oxygens (including phenoxy) is 2. The Labute approximate surface area is 114 Å². The quantitative estimate of drug-likeness (QED) is 0.579. The number of amides is 1. The molecule has 0 aliphatic heterocycles. The van der Waals surface area contributed by atoms with Crippen molar-refractivity contribution in [1.82, 2.24) is 0 Å². The fraction of sp³-hybridized carbons (Fsp3) is 0.400. The van der Waals surface area contributed by atoms with Gasteiger partial charge in [0.05, 0.1) is 13.2 Å². The lowest BCUT2D eigenvalue weighted by molar-refractivity contribution is -0.126. The molecule has 1 atom stereocenters. The summed E-state index contributed by atoms with van der Waals surface area (Å²) in [5.74, 6) is -0.154. The monoisotopic (exact) mass is 263 g/mol. The van der Waals surface area contributed by atoms with Crippen molar-refractivity contribution in [3.05, 3.63) is 42.5 Å². The van der Waals surface area contributed by atoms with E-state index in [0.717, 1.165) is 17.7 Å². The Morgan fingerprint density at radius 3 is 3.00 bits per heavy atom. The van der Waals surface area contributed by atoms with Gasteiger partial charge in [0.2, 0.25) is 0 Å². The first-order valence-corrected chi connectivity index (χ1v) is 6.28. The summed E-state index contributed by atoms with van der Waals surface area (Å²) in [5.41, 5.74) is 1.76. The fourth-order valence-corrected chi connectivity index (χ4v) is 1.55. The summed E-state index contributed by atoms with van der Waals surface area (Å²) >= 11 is 0. The molecule has 1 N–H and O–H groups in total. The number of benzene rings is 1. The lowest BCUT2D eigenvalue weighted by Crippen LogP contribution is -2.28. The zero-order valence-electron chi connectivity index (χ0n) is 11.5. The number of methoxy groups -OCH3 is 1. The summed E-state index contributed by atoms with van der Waals surface area (Å²) in [4.78, 5) is 11.9. The topological polar surface area (TPSA) is 47.6 Å². The molecule has 104 valence electrons. The van der Waals surface area contributed by atoms with E-state index in [4.69, 9.17) is 9.47 Å². The van der Waals surface area contributed by atoms with Crippen LogP contribution < -0.4 is 5.32 Å². The number of rotatable bonds is 8. The summed E-state index contributed by atoms with van der Waals surface area (Å²) in [7, 11) is 1.64. The molecule has 0 saturated heterocycles. The lowest BCUT2D eigenvalue weighted by atomic mass is 10.2. The second kappa shape index (κ2) is 8.45. The van der Waals surface area contributed by atoms with Gasteiger partial charge in [-0.1, -0.05) is 18.2 Å². The number of carbonyl (C=O) groups is 1. The maximum absolute atomic E-state index is 11.9. The van der Waals surface area contributed by atoms with Crippen molar-refractivity contribution in [2.45, 2.75) is 26.1 Å². The molecule has 1 amide bonds. The molecule has 1 aromatic carbocycles. The van der Waals surface area contributed by atoms with E-state index >= 15 is 0 Å². The highest BCUT2D eigenvalue weighted by Crippen LogP contribution is 2.12. The fourth-order valence-electron chi connectivity index (χ4n) is 1.55. The molecule has 1 unspecified atom stereocenters. The number of anilines is 1. The maximum atomic E-state index is 11.9. The van der Waals surface area contributed by atoms with Crippen LogP contribution in [0.3, 0.4) is 0 Å². The molecule has 0 fully saturated rings. The molecule has 4 nitrogen and oxygen atoms in total. The van der Waals surface area contributed by atoms with E-state index in [1.54, 1.807) is 20.1 Å². The van der Waals surface area contributed by atoms with Gasteiger partial charge in [-0.05, 0) is 31.0 Å². The van der Waals surface area contributed by atoms with E-state index in [1.807, 2.05) is 24.3 Å². The van der Waals surface area contributed by atoms with Gasteiger partial charge in [-0.3, -0.25) is 4.79 Å². The van der Waals surface area contributed by atoms with Gasteiger partial charge in [0, 0.05) is 12.8 Å². The number of carbonyl (C=O) groups excluding carboxylic acids is 1. The molecule has 1 aromatic rings. The molecular weight excluding hydrogens is 242 g/mol. The van der Waals surface area contributed by atoms with Crippen molar-refractivity contribution in [1.29, 1.82) is 0 Å². The molecule has 0 radical (unpaired) electrons. The first-order chi connectivity index (χ1) is 9.17. The Bertz CT molecular complexity index is 418. The predicted octanol–water partition coefficient (Wildman–Crippen LogP) is 2.75. The highest BCUT2D eigenvalue weighted by molar-refractivity contribution is 5.93. The first kappa shape index (κ1) is 15.4. The Hall–Kier alpha value is -1.65. The summed E-state index contributed by atoms with van der Waals surface area (Å²) in [6.07, 6.45) is 2.02. The van der Waals surface area contributed by atoms with E-state index < -0.39 is 6.10 Å². The Morgan fingerprint density at radius 1 is 1.53 bits per heavy atom. The van der Waals surface area contributed by atoms with Crippen LogP contribution in [0, 0.1) is 0 Å². The van der Waals surface area contributed by atoms with Gasteiger partial charge in [-0.25, -0.2) is 0 Å². The van der Waals surface area contributed by atoms with Crippen LogP contribution in [0.4, 0.5) is 5.69 Å². The van der Waals surface area contributed by atoms with Crippen LogP contribution in [0.15, 0.2) is 36.9 Å². The third-order valence-corrected chi connectivity index (χ3v) is 2.56. The molecular formula is C15H21NO3. The van der Waals surface area contributed by atoms with E-state index in [2.05, 4.69) is 11.9 Å². The zero-order chi connectivity index (χ0) is 14.1. The van der Waals surface area contributed by atoms with Gasteiger partial charge in [0.15, 0.2) is 0 Å². The largest absolute Gasteiger partial charge is 0.380 e. The minimum absolute atomic E-state index is 0.154. The summed E-state index contributed by atoms with van der Waals surface area (Å²) in [5, 5.41) is 2.82. The van der Waals surface area contributed by atoms with Gasteiger partial charge in [-0.15, -0.1) is 6.58 Å². The van der Waals surface area contributed by atoms with Crippen molar-refractivity contribution in [3.8, 4) is 0 Å². The van der Waals surface area contributed by atoms with E-state index in [0.29, 0.717) is 13.2 Å². The third kappa shape index (κ3) is 5.68. The van der Waals surface area contributed by atoms with Gasteiger partial charge < -0.3 is 14.8 Å². The minimum atomic E-state index is -0.481. The average Bonchev–Trinajstić information content (AvgIpc) is 2.39. The third-order valence-electron chi connectivity index (χ3n) is 2.56. The maximum Gasteiger partial charge on any atom is 0.253 e. The standard InChI is InChI=1S/C15H21NO3/c1-4-5-9-19-12(2)15(17)16-14-8-6-7-13(10-14)11-18-3/h4,6-8,10,12H,1,5,9,11H2,2-3H3,(H,16,17). The van der Waals surface area contributed by atoms with Crippen LogP contribution in [-0.4, -0.2) is 25.7 Å². The molecule has 4 heteroatoms. The highest BCUT2D eigenvalue weighted by Gasteiger charge is 2.13. The van der Waals surface area contributed by atoms with E-state index in [-0.39, 0.29) is 5.91 Å². The van der Waals surface area contributed by atoms with Gasteiger partial charge >= 0.3 is 0 Å². The summed E-state index contributed by atoms with van der Waals surface area (Å²) in [6.45, 7) is 6.36. The van der Waals surface area contributed by atoms with Crippen molar-refractivity contribution >= 4 is 11.6 Å². The minimum Gasteiger partial charge on any atom is -0.380 e. The van der Waals surface area contributed by atoms with Crippen molar-refractivity contribution in [2.75, 3.05) is 19.0 Å². The number of hydrogen-bond acceptors (Lipinski definition) is 3. The molecule has 0 heterocycles. The Morgan fingerprint density at radius 2 is 2.32 bits per heavy atom. The number of hydrogen-bond donors (Lipinski definition) is 1. The molecule has 0 aromatic heterocycles. The molecule has 0 aliphatic rings. The van der Waals surface area contributed by atoms with E-state index in [1.165, 1.54) is 0 Å². The second-order valence-electron chi connectivity index (χ2n) is 4.21. The van der Waals surface area contributed by atoms with Crippen LogP contribution in [0.1, 0.15) is 18.9 Å². The zero-order valence-corrected chi connectivity index (χ0v) is 11.5. The predicted molar refractivity (Wildman–Crippen MR) is 76.0 cm³/mol.